The Balaban J connectivity index is 0.00000225. The van der Waals surface area contributed by atoms with E-state index in [1.807, 2.05) is 7.05 Å². The molecule has 6 nitrogen and oxygen atoms in total. The van der Waals surface area contributed by atoms with Crippen LogP contribution in [-0.2, 0) is 17.6 Å². The van der Waals surface area contributed by atoms with Gasteiger partial charge >= 0.3 is 0 Å². The molecule has 0 radical (unpaired) electrons. The second-order valence-electron chi connectivity index (χ2n) is 7.27. The normalized spacial score (nSPS) is 21.6. The molecule has 1 aliphatic carbocycles. The summed E-state index contributed by atoms with van der Waals surface area (Å²) in [4.78, 5) is 4.39. The molecule has 2 aliphatic rings. The van der Waals surface area contributed by atoms with E-state index in [1.165, 1.54) is 11.3 Å². The number of fused-ring (bicyclic) bond motifs is 1. The van der Waals surface area contributed by atoms with Crippen molar-refractivity contribution >= 4 is 29.9 Å². The summed E-state index contributed by atoms with van der Waals surface area (Å²) >= 11 is 0. The summed E-state index contributed by atoms with van der Waals surface area (Å²) in [6.45, 7) is 7.11. The number of nitrogens with one attached hydrogen (secondary N) is 2. The SMILES string of the molecule is CN=C(NCC1CCOCC1)NC1CCc2cn(C(C)C)nc2C1.I. The molecule has 0 bridgehead atoms. The van der Waals surface area contributed by atoms with Gasteiger partial charge in [0.15, 0.2) is 5.96 Å². The summed E-state index contributed by atoms with van der Waals surface area (Å²) in [5.41, 5.74) is 2.65. The molecule has 1 aromatic rings. The molecular weight excluding hydrogens is 429 g/mol. The second kappa shape index (κ2) is 9.75. The quantitative estimate of drug-likeness (QED) is 0.411. The van der Waals surface area contributed by atoms with E-state index in [2.05, 4.69) is 40.4 Å². The first-order valence-corrected chi connectivity index (χ1v) is 9.27. The van der Waals surface area contributed by atoms with Gasteiger partial charge in [-0.2, -0.15) is 5.10 Å². The molecule has 1 unspecified atom stereocenters. The van der Waals surface area contributed by atoms with Gasteiger partial charge in [0.1, 0.15) is 0 Å². The van der Waals surface area contributed by atoms with Crippen LogP contribution in [0.2, 0.25) is 0 Å². The lowest BCUT2D eigenvalue weighted by Gasteiger charge is -2.27. The van der Waals surface area contributed by atoms with Crippen LogP contribution in [0.25, 0.3) is 0 Å². The average Bonchev–Trinajstić information content (AvgIpc) is 3.03. The van der Waals surface area contributed by atoms with E-state index >= 15 is 0 Å². The molecule has 0 spiro atoms. The van der Waals surface area contributed by atoms with Gasteiger partial charge in [0, 0.05) is 51.5 Å². The van der Waals surface area contributed by atoms with Crippen molar-refractivity contribution in [3.8, 4) is 0 Å². The minimum Gasteiger partial charge on any atom is -0.381 e. The lowest BCUT2D eigenvalue weighted by molar-refractivity contribution is 0.0675. The molecule has 1 aromatic heterocycles. The molecule has 2 heterocycles. The van der Waals surface area contributed by atoms with Crippen molar-refractivity contribution in [2.75, 3.05) is 26.8 Å². The van der Waals surface area contributed by atoms with Gasteiger partial charge in [-0.3, -0.25) is 9.67 Å². The van der Waals surface area contributed by atoms with E-state index in [0.29, 0.717) is 18.0 Å². The molecule has 1 saturated heterocycles. The Labute approximate surface area is 168 Å². The fourth-order valence-corrected chi connectivity index (χ4v) is 3.48. The molecular formula is C18H32IN5O. The molecule has 1 fully saturated rings. The van der Waals surface area contributed by atoms with Crippen LogP contribution in [0.4, 0.5) is 0 Å². The lowest BCUT2D eigenvalue weighted by atomic mass is 9.94. The number of aliphatic imine (C=N–C) groups is 1. The Bertz CT molecular complexity index is 566. The lowest BCUT2D eigenvalue weighted by Crippen LogP contribution is -2.47. The number of hydrogen-bond acceptors (Lipinski definition) is 3. The maximum atomic E-state index is 5.42. The Morgan fingerprint density at radius 2 is 2.12 bits per heavy atom. The molecule has 2 N–H and O–H groups in total. The summed E-state index contributed by atoms with van der Waals surface area (Å²) in [6.07, 6.45) is 7.71. The van der Waals surface area contributed by atoms with Crippen LogP contribution in [0.5, 0.6) is 0 Å². The second-order valence-corrected chi connectivity index (χ2v) is 7.27. The fraction of sp³-hybridized carbons (Fsp3) is 0.778. The minimum atomic E-state index is 0. The zero-order chi connectivity index (χ0) is 16.9. The Hall–Kier alpha value is -0.830. The van der Waals surface area contributed by atoms with E-state index in [9.17, 15) is 0 Å². The van der Waals surface area contributed by atoms with E-state index in [-0.39, 0.29) is 24.0 Å². The third kappa shape index (κ3) is 5.57. The van der Waals surface area contributed by atoms with E-state index in [4.69, 9.17) is 9.84 Å². The molecule has 0 saturated carbocycles. The van der Waals surface area contributed by atoms with Crippen LogP contribution < -0.4 is 10.6 Å². The van der Waals surface area contributed by atoms with Crippen molar-refractivity contribution in [1.82, 2.24) is 20.4 Å². The van der Waals surface area contributed by atoms with Gasteiger partial charge in [-0.15, -0.1) is 24.0 Å². The van der Waals surface area contributed by atoms with Crippen molar-refractivity contribution in [2.45, 2.75) is 58.0 Å². The Morgan fingerprint density at radius 1 is 1.36 bits per heavy atom. The number of ether oxygens (including phenoxy) is 1. The summed E-state index contributed by atoms with van der Waals surface area (Å²) in [6, 6.07) is 0.838. The summed E-state index contributed by atoms with van der Waals surface area (Å²) in [5, 5.41) is 11.8. The first-order chi connectivity index (χ1) is 11.7. The van der Waals surface area contributed by atoms with Crippen molar-refractivity contribution < 1.29 is 4.74 Å². The highest BCUT2D eigenvalue weighted by Crippen LogP contribution is 2.21. The number of halogens is 1. The maximum Gasteiger partial charge on any atom is 0.191 e. The first kappa shape index (κ1) is 20.5. The van der Waals surface area contributed by atoms with Crippen LogP contribution in [0.1, 0.15) is 50.4 Å². The van der Waals surface area contributed by atoms with Crippen LogP contribution in [0.15, 0.2) is 11.2 Å². The predicted octanol–water partition coefficient (Wildman–Crippen LogP) is 2.53. The number of nitrogens with zero attached hydrogens (tertiary/aromatic N) is 3. The highest BCUT2D eigenvalue weighted by Gasteiger charge is 2.23. The zero-order valence-electron chi connectivity index (χ0n) is 15.6. The van der Waals surface area contributed by atoms with Crippen LogP contribution >= 0.6 is 24.0 Å². The van der Waals surface area contributed by atoms with Gasteiger partial charge < -0.3 is 15.4 Å². The number of hydrogen-bond donors (Lipinski definition) is 2. The van der Waals surface area contributed by atoms with E-state index in [0.717, 1.165) is 57.8 Å². The monoisotopic (exact) mass is 461 g/mol. The number of aromatic nitrogens is 2. The highest BCUT2D eigenvalue weighted by molar-refractivity contribution is 14.0. The molecule has 142 valence electrons. The smallest absolute Gasteiger partial charge is 0.191 e. The molecule has 3 rings (SSSR count). The standard InChI is InChI=1S/C18H31N5O.HI/c1-13(2)23-12-15-4-5-16(10-17(15)22-23)21-18(19-3)20-11-14-6-8-24-9-7-14;/h12-14,16H,4-11H2,1-3H3,(H2,19,20,21);1H. The average molecular weight is 461 g/mol. The topological polar surface area (TPSA) is 63.5 Å². The Morgan fingerprint density at radius 3 is 2.80 bits per heavy atom. The molecule has 0 aromatic carbocycles. The fourth-order valence-electron chi connectivity index (χ4n) is 3.48. The van der Waals surface area contributed by atoms with Gasteiger partial charge in [-0.25, -0.2) is 0 Å². The third-order valence-corrected chi connectivity index (χ3v) is 5.09. The summed E-state index contributed by atoms with van der Waals surface area (Å²) < 4.78 is 7.51. The minimum absolute atomic E-state index is 0. The summed E-state index contributed by atoms with van der Waals surface area (Å²) in [5.74, 6) is 1.61. The Kier molecular flexibility index (Phi) is 7.99. The molecule has 25 heavy (non-hydrogen) atoms. The highest BCUT2D eigenvalue weighted by atomic mass is 127. The van der Waals surface area contributed by atoms with E-state index in [1.54, 1.807) is 0 Å². The van der Waals surface area contributed by atoms with Crippen molar-refractivity contribution in [3.05, 3.63) is 17.5 Å². The number of rotatable bonds is 4. The van der Waals surface area contributed by atoms with E-state index < -0.39 is 0 Å². The third-order valence-electron chi connectivity index (χ3n) is 5.09. The summed E-state index contributed by atoms with van der Waals surface area (Å²) in [7, 11) is 1.85. The predicted molar refractivity (Wildman–Crippen MR) is 112 cm³/mol. The number of aryl methyl sites for hydroxylation is 1. The van der Waals surface area contributed by atoms with Crippen LogP contribution in [0.3, 0.4) is 0 Å². The zero-order valence-corrected chi connectivity index (χ0v) is 18.0. The van der Waals surface area contributed by atoms with Gasteiger partial charge in [-0.1, -0.05) is 0 Å². The van der Waals surface area contributed by atoms with Gasteiger partial charge in [0.05, 0.1) is 5.69 Å². The van der Waals surface area contributed by atoms with Crippen LogP contribution in [-0.4, -0.2) is 48.6 Å². The number of guanidine groups is 1. The molecule has 1 atom stereocenters. The largest absolute Gasteiger partial charge is 0.381 e. The van der Waals surface area contributed by atoms with Gasteiger partial charge in [0.2, 0.25) is 0 Å². The van der Waals surface area contributed by atoms with Gasteiger partial charge in [-0.05, 0) is 51.0 Å². The van der Waals surface area contributed by atoms with Crippen molar-refractivity contribution in [1.29, 1.82) is 0 Å². The van der Waals surface area contributed by atoms with Crippen molar-refractivity contribution in [3.63, 3.8) is 0 Å². The molecule has 0 amide bonds. The maximum absolute atomic E-state index is 5.42. The van der Waals surface area contributed by atoms with Crippen molar-refractivity contribution in [2.24, 2.45) is 10.9 Å². The molecule has 1 aliphatic heterocycles. The van der Waals surface area contributed by atoms with Gasteiger partial charge in [0.25, 0.3) is 0 Å². The molecule has 7 heteroatoms. The van der Waals surface area contributed by atoms with Crippen LogP contribution in [0, 0.1) is 5.92 Å². The first-order valence-electron chi connectivity index (χ1n) is 9.27.